The van der Waals surface area contributed by atoms with Crippen molar-refractivity contribution in [3.63, 3.8) is 0 Å². The van der Waals surface area contributed by atoms with Gasteiger partial charge in [0.05, 0.1) is 4.92 Å². The fourth-order valence-corrected chi connectivity index (χ4v) is 2.11. The van der Waals surface area contributed by atoms with E-state index in [9.17, 15) is 18.5 Å². The van der Waals surface area contributed by atoms with Gasteiger partial charge in [-0.05, 0) is 18.6 Å². The number of ether oxygens (including phenoxy) is 1. The molecule has 0 amide bonds. The van der Waals surface area contributed by atoms with Crippen LogP contribution in [0.3, 0.4) is 0 Å². The summed E-state index contributed by atoms with van der Waals surface area (Å²) in [5.41, 5.74) is 0.295. The molecular weight excluding hydrogens is 282 g/mol. The molecule has 0 aliphatic heterocycles. The SMILES string of the molecule is C=C(C)COc1ccc([N+](=O)[O-])cc1S(=O)(=O)Cl. The Morgan fingerprint density at radius 3 is 2.61 bits per heavy atom. The molecule has 0 spiro atoms. The summed E-state index contributed by atoms with van der Waals surface area (Å²) in [4.78, 5) is 9.43. The summed E-state index contributed by atoms with van der Waals surface area (Å²) in [6.07, 6.45) is 0. The van der Waals surface area contributed by atoms with Crippen LogP contribution in [0.25, 0.3) is 0 Å². The zero-order chi connectivity index (χ0) is 13.9. The molecule has 0 aliphatic rings. The molecule has 0 N–H and O–H groups in total. The van der Waals surface area contributed by atoms with Crippen LogP contribution in [0.4, 0.5) is 5.69 Å². The Morgan fingerprint density at radius 2 is 2.17 bits per heavy atom. The Balaban J connectivity index is 3.26. The van der Waals surface area contributed by atoms with Gasteiger partial charge in [-0.2, -0.15) is 0 Å². The normalized spacial score (nSPS) is 11.0. The Kier molecular flexibility index (Phi) is 4.31. The number of non-ortho nitro benzene ring substituents is 1. The molecule has 0 fully saturated rings. The Hall–Kier alpha value is -1.60. The van der Waals surface area contributed by atoms with Gasteiger partial charge in [-0.3, -0.25) is 10.1 Å². The van der Waals surface area contributed by atoms with Crippen molar-refractivity contribution in [3.05, 3.63) is 40.5 Å². The third-order valence-electron chi connectivity index (χ3n) is 1.87. The van der Waals surface area contributed by atoms with E-state index in [0.29, 0.717) is 5.57 Å². The molecule has 0 saturated heterocycles. The molecule has 18 heavy (non-hydrogen) atoms. The van der Waals surface area contributed by atoms with Crippen LogP contribution in [0.15, 0.2) is 35.2 Å². The van der Waals surface area contributed by atoms with Crippen molar-refractivity contribution in [2.24, 2.45) is 0 Å². The molecule has 0 bridgehead atoms. The maximum absolute atomic E-state index is 11.3. The molecule has 1 aromatic carbocycles. The highest BCUT2D eigenvalue weighted by Crippen LogP contribution is 2.30. The molecule has 0 saturated carbocycles. The quantitative estimate of drug-likeness (QED) is 0.360. The van der Waals surface area contributed by atoms with Gasteiger partial charge in [-0.15, -0.1) is 0 Å². The third-order valence-corrected chi connectivity index (χ3v) is 3.22. The molecule has 0 unspecified atom stereocenters. The van der Waals surface area contributed by atoms with E-state index in [0.717, 1.165) is 12.1 Å². The minimum atomic E-state index is -4.12. The Bertz CT molecular complexity index is 596. The number of benzene rings is 1. The highest BCUT2D eigenvalue weighted by molar-refractivity contribution is 8.13. The third kappa shape index (κ3) is 3.71. The molecular formula is C10H10ClNO5S. The van der Waals surface area contributed by atoms with E-state index in [1.54, 1.807) is 6.92 Å². The van der Waals surface area contributed by atoms with Crippen LogP contribution in [0, 0.1) is 10.1 Å². The lowest BCUT2D eigenvalue weighted by atomic mass is 10.3. The molecule has 0 atom stereocenters. The molecule has 1 rings (SSSR count). The summed E-state index contributed by atoms with van der Waals surface area (Å²) in [7, 11) is 1.08. The first kappa shape index (κ1) is 14.5. The van der Waals surface area contributed by atoms with Gasteiger partial charge >= 0.3 is 0 Å². The largest absolute Gasteiger partial charge is 0.488 e. The van der Waals surface area contributed by atoms with Crippen molar-refractivity contribution in [1.82, 2.24) is 0 Å². The highest BCUT2D eigenvalue weighted by Gasteiger charge is 2.21. The number of halogens is 1. The van der Waals surface area contributed by atoms with Crippen LogP contribution < -0.4 is 4.74 Å². The van der Waals surface area contributed by atoms with Gasteiger partial charge in [0, 0.05) is 22.8 Å². The molecule has 0 heterocycles. The Morgan fingerprint density at radius 1 is 1.56 bits per heavy atom. The number of rotatable bonds is 5. The van der Waals surface area contributed by atoms with Crippen molar-refractivity contribution in [1.29, 1.82) is 0 Å². The summed E-state index contributed by atoms with van der Waals surface area (Å²) in [6, 6.07) is 3.19. The lowest BCUT2D eigenvalue weighted by molar-refractivity contribution is -0.385. The first-order valence-corrected chi connectivity index (χ1v) is 7.03. The van der Waals surface area contributed by atoms with E-state index in [-0.39, 0.29) is 18.0 Å². The van der Waals surface area contributed by atoms with Crippen LogP contribution in [0.5, 0.6) is 5.75 Å². The zero-order valence-electron chi connectivity index (χ0n) is 9.42. The van der Waals surface area contributed by atoms with Gasteiger partial charge in [0.1, 0.15) is 17.3 Å². The van der Waals surface area contributed by atoms with Gasteiger partial charge in [0.15, 0.2) is 0 Å². The van der Waals surface area contributed by atoms with Crippen LogP contribution in [0.2, 0.25) is 0 Å². The van der Waals surface area contributed by atoms with E-state index < -0.39 is 18.9 Å². The van der Waals surface area contributed by atoms with Crippen molar-refractivity contribution in [3.8, 4) is 5.75 Å². The number of nitro benzene ring substituents is 1. The second-order valence-electron chi connectivity index (χ2n) is 3.57. The Labute approximate surface area is 108 Å². The average Bonchev–Trinajstić information content (AvgIpc) is 2.24. The van der Waals surface area contributed by atoms with E-state index in [2.05, 4.69) is 6.58 Å². The number of nitrogens with zero attached hydrogens (tertiary/aromatic N) is 1. The zero-order valence-corrected chi connectivity index (χ0v) is 11.0. The van der Waals surface area contributed by atoms with Crippen LogP contribution in [-0.2, 0) is 9.05 Å². The molecule has 6 nitrogen and oxygen atoms in total. The van der Waals surface area contributed by atoms with Crippen LogP contribution in [-0.4, -0.2) is 19.9 Å². The lowest BCUT2D eigenvalue weighted by Crippen LogP contribution is -2.03. The first-order valence-electron chi connectivity index (χ1n) is 4.72. The second kappa shape index (κ2) is 5.36. The summed E-state index contributed by atoms with van der Waals surface area (Å²) >= 11 is 0. The topological polar surface area (TPSA) is 86.5 Å². The van der Waals surface area contributed by atoms with Gasteiger partial charge < -0.3 is 4.74 Å². The standard InChI is InChI=1S/C10H10ClNO5S/c1-7(2)6-17-9-4-3-8(12(13)14)5-10(9)18(11,15)16/h3-5H,1,6H2,2H3. The van der Waals surface area contributed by atoms with Crippen LogP contribution in [0.1, 0.15) is 6.92 Å². The highest BCUT2D eigenvalue weighted by atomic mass is 35.7. The van der Waals surface area contributed by atoms with Crippen molar-refractivity contribution in [2.75, 3.05) is 6.61 Å². The maximum atomic E-state index is 11.3. The van der Waals surface area contributed by atoms with Crippen molar-refractivity contribution >= 4 is 25.4 Å². The monoisotopic (exact) mass is 291 g/mol. The fourth-order valence-electron chi connectivity index (χ4n) is 1.12. The average molecular weight is 292 g/mol. The van der Waals surface area contributed by atoms with E-state index in [1.807, 2.05) is 0 Å². The van der Waals surface area contributed by atoms with Crippen molar-refractivity contribution in [2.45, 2.75) is 11.8 Å². The summed E-state index contributed by atoms with van der Waals surface area (Å²) < 4.78 is 27.8. The van der Waals surface area contributed by atoms with E-state index >= 15 is 0 Å². The molecule has 8 heteroatoms. The lowest BCUT2D eigenvalue weighted by Gasteiger charge is -2.09. The first-order chi connectivity index (χ1) is 8.21. The predicted molar refractivity (Wildman–Crippen MR) is 66.4 cm³/mol. The van der Waals surface area contributed by atoms with E-state index in [1.165, 1.54) is 6.07 Å². The molecule has 1 aromatic rings. The maximum Gasteiger partial charge on any atom is 0.271 e. The number of hydrogen-bond donors (Lipinski definition) is 0. The van der Waals surface area contributed by atoms with Gasteiger partial charge in [-0.1, -0.05) is 6.58 Å². The molecule has 0 aromatic heterocycles. The van der Waals surface area contributed by atoms with Gasteiger partial charge in [0.25, 0.3) is 14.7 Å². The molecule has 98 valence electrons. The second-order valence-corrected chi connectivity index (χ2v) is 6.11. The minimum Gasteiger partial charge on any atom is -0.488 e. The predicted octanol–water partition coefficient (Wildman–Crippen LogP) is 2.48. The van der Waals surface area contributed by atoms with Gasteiger partial charge in [-0.25, -0.2) is 8.42 Å². The summed E-state index contributed by atoms with van der Waals surface area (Å²) in [5, 5.41) is 10.6. The molecule has 0 radical (unpaired) electrons. The van der Waals surface area contributed by atoms with Crippen molar-refractivity contribution < 1.29 is 18.1 Å². The molecule has 0 aliphatic carbocycles. The van der Waals surface area contributed by atoms with Crippen LogP contribution >= 0.6 is 10.7 Å². The summed E-state index contributed by atoms with van der Waals surface area (Å²) in [6.45, 7) is 5.38. The number of hydrogen-bond acceptors (Lipinski definition) is 5. The minimum absolute atomic E-state index is 0.0430. The fraction of sp³-hybridized carbons (Fsp3) is 0.200. The summed E-state index contributed by atoms with van der Waals surface area (Å²) in [5.74, 6) is -0.0430. The van der Waals surface area contributed by atoms with E-state index in [4.69, 9.17) is 15.4 Å². The van der Waals surface area contributed by atoms with Gasteiger partial charge in [0.2, 0.25) is 0 Å². The smallest absolute Gasteiger partial charge is 0.271 e. The number of nitro groups is 1.